The summed E-state index contributed by atoms with van der Waals surface area (Å²) in [7, 11) is 0. The van der Waals surface area contributed by atoms with Crippen LogP contribution < -0.4 is 4.72 Å². The van der Waals surface area contributed by atoms with E-state index in [1.165, 1.54) is 12.1 Å². The lowest BCUT2D eigenvalue weighted by Gasteiger charge is -2.10. The van der Waals surface area contributed by atoms with Gasteiger partial charge in [0.2, 0.25) is 0 Å². The van der Waals surface area contributed by atoms with E-state index in [2.05, 4.69) is 0 Å². The van der Waals surface area contributed by atoms with E-state index in [0.717, 1.165) is 6.07 Å². The minimum Gasteiger partial charge on any atom is -0.755 e. The van der Waals surface area contributed by atoms with Crippen molar-refractivity contribution < 1.29 is 18.7 Å². The third-order valence-electron chi connectivity index (χ3n) is 1.41. The standard InChI is InChI=1S/C7H6ClNO4S/c8-5-2-1-4(7(10)11)3-6(5)9-14(12)13/h1-3,9H,(H,10,11)(H,12,13)/p-1. The van der Waals surface area contributed by atoms with E-state index in [1.54, 1.807) is 0 Å². The van der Waals surface area contributed by atoms with Crippen LogP contribution in [-0.2, 0) is 11.3 Å². The first-order chi connectivity index (χ1) is 6.50. The van der Waals surface area contributed by atoms with Gasteiger partial charge in [0.1, 0.15) is 0 Å². The Morgan fingerprint density at radius 1 is 1.57 bits per heavy atom. The van der Waals surface area contributed by atoms with Crippen molar-refractivity contribution in [3.05, 3.63) is 28.8 Å². The van der Waals surface area contributed by atoms with Gasteiger partial charge in [-0.15, -0.1) is 0 Å². The van der Waals surface area contributed by atoms with Crippen LogP contribution in [0.1, 0.15) is 10.4 Å². The number of nitrogens with one attached hydrogen (secondary N) is 1. The number of carboxylic acid groups (broad SMARTS) is 1. The summed E-state index contributed by atoms with van der Waals surface area (Å²) in [5, 5.41) is 8.75. The Labute approximate surface area is 87.1 Å². The van der Waals surface area contributed by atoms with Crippen LogP contribution in [0.15, 0.2) is 18.2 Å². The zero-order chi connectivity index (χ0) is 10.7. The molecular weight excluding hydrogens is 230 g/mol. The highest BCUT2D eigenvalue weighted by atomic mass is 35.5. The van der Waals surface area contributed by atoms with Gasteiger partial charge in [0.15, 0.2) is 0 Å². The third kappa shape index (κ3) is 2.69. The molecule has 0 heterocycles. The second-order valence-electron chi connectivity index (χ2n) is 2.34. The Hall–Kier alpha value is -1.11. The molecule has 1 aromatic rings. The molecule has 5 nitrogen and oxygen atoms in total. The second kappa shape index (κ2) is 4.41. The average Bonchev–Trinajstić information content (AvgIpc) is 2.07. The van der Waals surface area contributed by atoms with Gasteiger partial charge in [0, 0.05) is 11.3 Å². The fourth-order valence-corrected chi connectivity index (χ4v) is 1.40. The van der Waals surface area contributed by atoms with Gasteiger partial charge in [-0.05, 0) is 18.2 Å². The molecule has 0 saturated carbocycles. The summed E-state index contributed by atoms with van der Waals surface area (Å²) < 4.78 is 22.6. The molecule has 7 heteroatoms. The van der Waals surface area contributed by atoms with E-state index in [9.17, 15) is 13.6 Å². The monoisotopic (exact) mass is 234 g/mol. The normalized spacial score (nSPS) is 12.1. The molecule has 0 bridgehead atoms. The lowest BCUT2D eigenvalue weighted by molar-refractivity contribution is 0.0697. The molecule has 76 valence electrons. The number of benzene rings is 1. The molecule has 1 aromatic carbocycles. The summed E-state index contributed by atoms with van der Waals surface area (Å²) in [5.41, 5.74) is 0.00208. The third-order valence-corrected chi connectivity index (χ3v) is 2.12. The Morgan fingerprint density at radius 2 is 2.21 bits per heavy atom. The van der Waals surface area contributed by atoms with Crippen molar-refractivity contribution in [1.82, 2.24) is 0 Å². The van der Waals surface area contributed by atoms with E-state index in [-0.39, 0.29) is 16.3 Å². The van der Waals surface area contributed by atoms with Gasteiger partial charge in [0.25, 0.3) is 0 Å². The number of halogens is 1. The van der Waals surface area contributed by atoms with Crippen molar-refractivity contribution in [1.29, 1.82) is 0 Å². The number of carbonyl (C=O) groups is 1. The molecular formula is C7H5ClNO4S-. The molecule has 2 N–H and O–H groups in total. The van der Waals surface area contributed by atoms with E-state index in [4.69, 9.17) is 16.7 Å². The van der Waals surface area contributed by atoms with Crippen LogP contribution >= 0.6 is 11.6 Å². The van der Waals surface area contributed by atoms with Gasteiger partial charge >= 0.3 is 5.97 Å². The fourth-order valence-electron chi connectivity index (χ4n) is 0.826. The first kappa shape index (κ1) is 11.0. The molecule has 0 aliphatic rings. The summed E-state index contributed by atoms with van der Waals surface area (Å²) in [6.45, 7) is 0. The van der Waals surface area contributed by atoms with Crippen LogP contribution in [0.5, 0.6) is 0 Å². The predicted octanol–water partition coefficient (Wildman–Crippen LogP) is 1.24. The topological polar surface area (TPSA) is 89.5 Å². The zero-order valence-electron chi connectivity index (χ0n) is 6.69. The van der Waals surface area contributed by atoms with Crippen LogP contribution in [-0.4, -0.2) is 19.8 Å². The van der Waals surface area contributed by atoms with Crippen LogP contribution in [0.4, 0.5) is 5.69 Å². The Balaban J connectivity index is 3.08. The lowest BCUT2D eigenvalue weighted by atomic mass is 10.2. The maximum atomic E-state index is 10.5. The predicted molar refractivity (Wildman–Crippen MR) is 51.0 cm³/mol. The maximum absolute atomic E-state index is 10.5. The summed E-state index contributed by atoms with van der Waals surface area (Å²) in [6.07, 6.45) is 0. The van der Waals surface area contributed by atoms with Crippen molar-refractivity contribution in [2.24, 2.45) is 0 Å². The minimum atomic E-state index is -2.53. The number of anilines is 1. The largest absolute Gasteiger partial charge is 0.755 e. The van der Waals surface area contributed by atoms with Gasteiger partial charge in [0.05, 0.1) is 16.3 Å². The smallest absolute Gasteiger partial charge is 0.335 e. The summed E-state index contributed by atoms with van der Waals surface area (Å²) in [4.78, 5) is 10.5. The molecule has 0 radical (unpaired) electrons. The summed E-state index contributed by atoms with van der Waals surface area (Å²) >= 11 is 3.09. The molecule has 0 amide bonds. The molecule has 0 fully saturated rings. The molecule has 1 rings (SSSR count). The van der Waals surface area contributed by atoms with E-state index >= 15 is 0 Å². The molecule has 0 saturated heterocycles. The number of hydrogen-bond donors (Lipinski definition) is 2. The quantitative estimate of drug-likeness (QED) is 0.770. The summed E-state index contributed by atoms with van der Waals surface area (Å²) in [5.74, 6) is -1.15. The molecule has 1 atom stereocenters. The maximum Gasteiger partial charge on any atom is 0.335 e. The Kier molecular flexibility index (Phi) is 3.45. The van der Waals surface area contributed by atoms with Gasteiger partial charge in [-0.3, -0.25) is 4.21 Å². The average molecular weight is 235 g/mol. The number of carboxylic acids is 1. The highest BCUT2D eigenvalue weighted by molar-refractivity contribution is 7.80. The van der Waals surface area contributed by atoms with Crippen LogP contribution in [0.25, 0.3) is 0 Å². The van der Waals surface area contributed by atoms with Crippen molar-refractivity contribution in [2.45, 2.75) is 0 Å². The molecule has 0 aliphatic heterocycles. The van der Waals surface area contributed by atoms with Crippen molar-refractivity contribution in [3.8, 4) is 0 Å². The second-order valence-corrected chi connectivity index (χ2v) is 3.42. The number of aromatic carboxylic acids is 1. The first-order valence-electron chi connectivity index (χ1n) is 3.39. The highest BCUT2D eigenvalue weighted by Crippen LogP contribution is 2.23. The van der Waals surface area contributed by atoms with Gasteiger partial charge < -0.3 is 14.4 Å². The Morgan fingerprint density at radius 3 is 2.71 bits per heavy atom. The fraction of sp³-hybridized carbons (Fsp3) is 0. The SMILES string of the molecule is O=C(O)c1ccc(Cl)c(NS(=O)[O-])c1. The molecule has 14 heavy (non-hydrogen) atoms. The number of rotatable bonds is 3. The lowest BCUT2D eigenvalue weighted by Crippen LogP contribution is -2.04. The van der Waals surface area contributed by atoms with Crippen molar-refractivity contribution in [2.75, 3.05) is 4.72 Å². The van der Waals surface area contributed by atoms with Crippen LogP contribution in [0.3, 0.4) is 0 Å². The number of hydrogen-bond acceptors (Lipinski definition) is 3. The van der Waals surface area contributed by atoms with Crippen molar-refractivity contribution >= 4 is 34.5 Å². The molecule has 0 spiro atoms. The van der Waals surface area contributed by atoms with E-state index in [1.807, 2.05) is 4.72 Å². The van der Waals surface area contributed by atoms with Crippen LogP contribution in [0.2, 0.25) is 5.02 Å². The molecule has 0 aromatic heterocycles. The first-order valence-corrected chi connectivity index (χ1v) is 4.85. The van der Waals surface area contributed by atoms with Gasteiger partial charge in [-0.25, -0.2) is 4.79 Å². The van der Waals surface area contributed by atoms with Crippen molar-refractivity contribution in [3.63, 3.8) is 0 Å². The van der Waals surface area contributed by atoms with Gasteiger partial charge in [-0.2, -0.15) is 0 Å². The summed E-state index contributed by atoms with van der Waals surface area (Å²) in [6, 6.07) is 3.73. The van der Waals surface area contributed by atoms with E-state index < -0.39 is 17.2 Å². The van der Waals surface area contributed by atoms with Crippen LogP contribution in [0, 0.1) is 0 Å². The highest BCUT2D eigenvalue weighted by Gasteiger charge is 2.06. The molecule has 0 aliphatic carbocycles. The molecule has 1 unspecified atom stereocenters. The Bertz CT molecular complexity index is 395. The van der Waals surface area contributed by atoms with E-state index in [0.29, 0.717) is 0 Å². The minimum absolute atomic E-state index is 0.0395. The van der Waals surface area contributed by atoms with Gasteiger partial charge in [-0.1, -0.05) is 11.6 Å². The zero-order valence-corrected chi connectivity index (χ0v) is 8.26.